The summed E-state index contributed by atoms with van der Waals surface area (Å²) in [5, 5.41) is 0. The molecule has 3 aromatic carbocycles. The zero-order chi connectivity index (χ0) is 21.8. The quantitative estimate of drug-likeness (QED) is 0.481. The standard InChI is InChI=1S/C29H33FN2/c30-28-13-7-12-26(18-28)29-22-32(19-23-8-3-1-4-9-23)21-27(29)20-31-16-14-25(15-17-31)24-10-5-2-6-11-24/h1-13,18,25,27,29H,14-17,19-22H2. The summed E-state index contributed by atoms with van der Waals surface area (Å²) in [6, 6.07) is 29.0. The summed E-state index contributed by atoms with van der Waals surface area (Å²) in [5.74, 6) is 1.49. The van der Waals surface area contributed by atoms with Gasteiger partial charge in [-0.1, -0.05) is 72.8 Å². The van der Waals surface area contributed by atoms with E-state index in [0.29, 0.717) is 17.8 Å². The Hall–Kier alpha value is -2.49. The van der Waals surface area contributed by atoms with Gasteiger partial charge in [-0.2, -0.15) is 0 Å². The van der Waals surface area contributed by atoms with E-state index in [9.17, 15) is 4.39 Å². The molecular weight excluding hydrogens is 395 g/mol. The van der Waals surface area contributed by atoms with Crippen LogP contribution in [0.1, 0.15) is 41.4 Å². The first-order valence-corrected chi connectivity index (χ1v) is 12.0. The van der Waals surface area contributed by atoms with Gasteiger partial charge in [0.1, 0.15) is 5.82 Å². The smallest absolute Gasteiger partial charge is 0.123 e. The van der Waals surface area contributed by atoms with Crippen LogP contribution in [0, 0.1) is 11.7 Å². The normalized spacial score (nSPS) is 22.9. The van der Waals surface area contributed by atoms with Crippen molar-refractivity contribution < 1.29 is 4.39 Å². The summed E-state index contributed by atoms with van der Waals surface area (Å²) in [4.78, 5) is 5.22. The van der Waals surface area contributed by atoms with Crippen LogP contribution in [0.2, 0.25) is 0 Å². The Kier molecular flexibility index (Phi) is 6.66. The van der Waals surface area contributed by atoms with E-state index in [2.05, 4.69) is 76.5 Å². The van der Waals surface area contributed by atoms with Gasteiger partial charge in [-0.05, 0) is 66.6 Å². The van der Waals surface area contributed by atoms with Crippen LogP contribution < -0.4 is 0 Å². The highest BCUT2D eigenvalue weighted by molar-refractivity contribution is 5.25. The third-order valence-electron chi connectivity index (χ3n) is 7.39. The Bertz CT molecular complexity index is 982. The molecule has 2 aliphatic heterocycles. The van der Waals surface area contributed by atoms with E-state index in [-0.39, 0.29) is 5.82 Å². The maximum atomic E-state index is 14.0. The highest BCUT2D eigenvalue weighted by Gasteiger charge is 2.35. The molecule has 3 aromatic rings. The molecule has 2 aliphatic rings. The molecule has 0 aromatic heterocycles. The lowest BCUT2D eigenvalue weighted by atomic mass is 9.86. The predicted octanol–water partition coefficient (Wildman–Crippen LogP) is 5.92. The van der Waals surface area contributed by atoms with E-state index in [4.69, 9.17) is 0 Å². The Morgan fingerprint density at radius 1 is 0.719 bits per heavy atom. The highest BCUT2D eigenvalue weighted by Crippen LogP contribution is 2.36. The zero-order valence-electron chi connectivity index (χ0n) is 18.7. The molecule has 5 rings (SSSR count). The van der Waals surface area contributed by atoms with Crippen molar-refractivity contribution in [2.75, 3.05) is 32.7 Å². The summed E-state index contributed by atoms with van der Waals surface area (Å²) in [5.41, 5.74) is 4.00. The maximum Gasteiger partial charge on any atom is 0.123 e. The minimum absolute atomic E-state index is 0.119. The number of likely N-dealkylation sites (tertiary alicyclic amines) is 2. The fraction of sp³-hybridized carbons (Fsp3) is 0.379. The number of hydrogen-bond donors (Lipinski definition) is 0. The van der Waals surface area contributed by atoms with E-state index in [0.717, 1.165) is 44.8 Å². The molecule has 0 radical (unpaired) electrons. The molecule has 2 saturated heterocycles. The van der Waals surface area contributed by atoms with Crippen molar-refractivity contribution in [3.05, 3.63) is 107 Å². The number of hydrogen-bond acceptors (Lipinski definition) is 2. The van der Waals surface area contributed by atoms with Crippen LogP contribution in [0.4, 0.5) is 4.39 Å². The number of benzene rings is 3. The summed E-state index contributed by atoms with van der Waals surface area (Å²) in [7, 11) is 0. The van der Waals surface area contributed by atoms with Crippen molar-refractivity contribution in [1.29, 1.82) is 0 Å². The third kappa shape index (κ3) is 5.11. The van der Waals surface area contributed by atoms with Gasteiger partial charge >= 0.3 is 0 Å². The molecule has 0 bridgehead atoms. The molecular formula is C29H33FN2. The lowest BCUT2D eigenvalue weighted by Crippen LogP contribution is -2.38. The Morgan fingerprint density at radius 3 is 2.12 bits per heavy atom. The van der Waals surface area contributed by atoms with E-state index in [1.807, 2.05) is 6.07 Å². The van der Waals surface area contributed by atoms with E-state index >= 15 is 0 Å². The Morgan fingerprint density at radius 2 is 1.41 bits per heavy atom. The zero-order valence-corrected chi connectivity index (χ0v) is 18.7. The van der Waals surface area contributed by atoms with Gasteiger partial charge in [0, 0.05) is 32.1 Å². The second-order valence-corrected chi connectivity index (χ2v) is 9.59. The van der Waals surface area contributed by atoms with Crippen LogP contribution in [0.15, 0.2) is 84.9 Å². The van der Waals surface area contributed by atoms with Crippen molar-refractivity contribution in [2.24, 2.45) is 5.92 Å². The molecule has 2 fully saturated rings. The van der Waals surface area contributed by atoms with Crippen molar-refractivity contribution in [2.45, 2.75) is 31.2 Å². The first-order valence-electron chi connectivity index (χ1n) is 12.0. The molecule has 2 atom stereocenters. The minimum Gasteiger partial charge on any atom is -0.303 e. The van der Waals surface area contributed by atoms with Crippen molar-refractivity contribution in [1.82, 2.24) is 9.80 Å². The van der Waals surface area contributed by atoms with Crippen LogP contribution in [-0.4, -0.2) is 42.5 Å². The molecule has 3 heteroatoms. The molecule has 0 spiro atoms. The van der Waals surface area contributed by atoms with Crippen molar-refractivity contribution >= 4 is 0 Å². The number of rotatable bonds is 6. The van der Waals surface area contributed by atoms with Crippen LogP contribution >= 0.6 is 0 Å². The van der Waals surface area contributed by atoms with Gasteiger partial charge in [-0.3, -0.25) is 4.90 Å². The molecule has 2 heterocycles. The van der Waals surface area contributed by atoms with Crippen LogP contribution in [0.3, 0.4) is 0 Å². The van der Waals surface area contributed by atoms with Crippen molar-refractivity contribution in [3.8, 4) is 0 Å². The number of piperidine rings is 1. The van der Waals surface area contributed by atoms with Crippen LogP contribution in [0.25, 0.3) is 0 Å². The van der Waals surface area contributed by atoms with E-state index in [1.165, 1.54) is 24.0 Å². The number of nitrogens with zero attached hydrogens (tertiary/aromatic N) is 2. The van der Waals surface area contributed by atoms with Gasteiger partial charge in [0.15, 0.2) is 0 Å². The van der Waals surface area contributed by atoms with Gasteiger partial charge in [-0.15, -0.1) is 0 Å². The van der Waals surface area contributed by atoms with E-state index in [1.54, 1.807) is 12.1 Å². The summed E-state index contributed by atoms with van der Waals surface area (Å²) < 4.78 is 14.0. The lowest BCUT2D eigenvalue weighted by molar-refractivity contribution is 0.177. The Labute approximate surface area is 191 Å². The molecule has 0 amide bonds. The van der Waals surface area contributed by atoms with E-state index < -0.39 is 0 Å². The minimum atomic E-state index is -0.119. The molecule has 0 saturated carbocycles. The summed E-state index contributed by atoms with van der Waals surface area (Å²) in [6.07, 6.45) is 2.46. The summed E-state index contributed by atoms with van der Waals surface area (Å²) in [6.45, 7) is 6.47. The van der Waals surface area contributed by atoms with Crippen molar-refractivity contribution in [3.63, 3.8) is 0 Å². The van der Waals surface area contributed by atoms with Gasteiger partial charge in [-0.25, -0.2) is 4.39 Å². The summed E-state index contributed by atoms with van der Waals surface area (Å²) >= 11 is 0. The Balaban J connectivity index is 1.26. The first kappa shape index (κ1) is 21.4. The van der Waals surface area contributed by atoms with Crippen LogP contribution in [-0.2, 0) is 6.54 Å². The highest BCUT2D eigenvalue weighted by atomic mass is 19.1. The largest absolute Gasteiger partial charge is 0.303 e. The fourth-order valence-corrected chi connectivity index (χ4v) is 5.74. The second kappa shape index (κ2) is 9.97. The maximum absolute atomic E-state index is 14.0. The van der Waals surface area contributed by atoms with Gasteiger partial charge in [0.05, 0.1) is 0 Å². The average Bonchev–Trinajstić information content (AvgIpc) is 3.23. The first-order chi connectivity index (χ1) is 15.7. The predicted molar refractivity (Wildman–Crippen MR) is 129 cm³/mol. The molecule has 0 N–H and O–H groups in total. The third-order valence-corrected chi connectivity index (χ3v) is 7.39. The van der Waals surface area contributed by atoms with Gasteiger partial charge < -0.3 is 4.90 Å². The average molecular weight is 429 g/mol. The molecule has 2 nitrogen and oxygen atoms in total. The molecule has 32 heavy (non-hydrogen) atoms. The van der Waals surface area contributed by atoms with Gasteiger partial charge in [0.25, 0.3) is 0 Å². The molecule has 2 unspecified atom stereocenters. The molecule has 166 valence electrons. The SMILES string of the molecule is Fc1cccc(C2CN(Cc3ccccc3)CC2CN2CCC(c3ccccc3)CC2)c1. The lowest BCUT2D eigenvalue weighted by Gasteiger charge is -2.35. The van der Waals surface area contributed by atoms with Gasteiger partial charge in [0.2, 0.25) is 0 Å². The fourth-order valence-electron chi connectivity index (χ4n) is 5.74. The topological polar surface area (TPSA) is 6.48 Å². The number of halogens is 1. The second-order valence-electron chi connectivity index (χ2n) is 9.59. The monoisotopic (exact) mass is 428 g/mol. The molecule has 0 aliphatic carbocycles. The van der Waals surface area contributed by atoms with Crippen LogP contribution in [0.5, 0.6) is 0 Å².